The van der Waals surface area contributed by atoms with Gasteiger partial charge in [-0.15, -0.1) is 0 Å². The van der Waals surface area contributed by atoms with Gasteiger partial charge in [-0.1, -0.05) is 11.6 Å². The first kappa shape index (κ1) is 13.7. The van der Waals surface area contributed by atoms with Crippen molar-refractivity contribution in [2.75, 3.05) is 6.61 Å². The van der Waals surface area contributed by atoms with Gasteiger partial charge in [0.25, 0.3) is 0 Å². The van der Waals surface area contributed by atoms with Crippen LogP contribution >= 0.6 is 11.6 Å². The summed E-state index contributed by atoms with van der Waals surface area (Å²) in [7, 11) is 0. The second kappa shape index (κ2) is 5.53. The fourth-order valence-corrected chi connectivity index (χ4v) is 2.74. The van der Waals surface area contributed by atoms with Gasteiger partial charge in [0.05, 0.1) is 11.6 Å². The molecule has 0 aliphatic carbocycles. The van der Waals surface area contributed by atoms with Crippen LogP contribution in [0.2, 0.25) is 5.02 Å². The topological polar surface area (TPSA) is 47.3 Å². The zero-order chi connectivity index (χ0) is 13.2. The Morgan fingerprint density at radius 3 is 2.89 bits per heavy atom. The summed E-state index contributed by atoms with van der Waals surface area (Å²) in [5, 5.41) is 0.495. The van der Waals surface area contributed by atoms with Crippen LogP contribution in [0.25, 0.3) is 0 Å². The SMILES string of the molecule is CC1(C(NN)c2cc(F)ccc2Cl)CCCCO1. The first-order chi connectivity index (χ1) is 8.57. The minimum absolute atomic E-state index is 0.319. The number of hydrogen-bond donors (Lipinski definition) is 2. The number of hydrazine groups is 1. The third-order valence-electron chi connectivity index (χ3n) is 3.55. The van der Waals surface area contributed by atoms with Gasteiger partial charge in [0.1, 0.15) is 5.82 Å². The molecule has 3 N–H and O–H groups in total. The molecule has 1 fully saturated rings. The van der Waals surface area contributed by atoms with Gasteiger partial charge in [-0.25, -0.2) is 4.39 Å². The molecule has 2 unspecified atom stereocenters. The number of halogens is 2. The highest BCUT2D eigenvalue weighted by Crippen LogP contribution is 2.38. The van der Waals surface area contributed by atoms with E-state index in [0.29, 0.717) is 17.2 Å². The Morgan fingerprint density at radius 2 is 2.28 bits per heavy atom. The lowest BCUT2D eigenvalue weighted by atomic mass is 9.84. The summed E-state index contributed by atoms with van der Waals surface area (Å²) in [6.45, 7) is 2.68. The maximum atomic E-state index is 13.4. The van der Waals surface area contributed by atoms with E-state index in [1.54, 1.807) is 6.07 Å². The summed E-state index contributed by atoms with van der Waals surface area (Å²) in [5.41, 5.74) is 2.91. The lowest BCUT2D eigenvalue weighted by Crippen LogP contribution is -2.48. The number of ether oxygens (including phenoxy) is 1. The Balaban J connectivity index is 2.35. The van der Waals surface area contributed by atoms with Gasteiger partial charge in [0, 0.05) is 11.6 Å². The summed E-state index contributed by atoms with van der Waals surface area (Å²) >= 11 is 6.13. The van der Waals surface area contributed by atoms with E-state index in [1.807, 2.05) is 6.92 Å². The van der Waals surface area contributed by atoms with Crippen LogP contribution in [-0.4, -0.2) is 12.2 Å². The van der Waals surface area contributed by atoms with Crippen molar-refractivity contribution in [1.29, 1.82) is 0 Å². The van der Waals surface area contributed by atoms with E-state index < -0.39 is 5.60 Å². The van der Waals surface area contributed by atoms with Crippen LogP contribution in [0.3, 0.4) is 0 Å². The number of rotatable bonds is 3. The predicted molar refractivity (Wildman–Crippen MR) is 69.7 cm³/mol. The highest BCUT2D eigenvalue weighted by atomic mass is 35.5. The Labute approximate surface area is 111 Å². The minimum atomic E-state index is -0.454. The van der Waals surface area contributed by atoms with Crippen LogP contribution in [0.1, 0.15) is 37.8 Å². The van der Waals surface area contributed by atoms with Gasteiger partial charge in [-0.3, -0.25) is 11.3 Å². The molecule has 0 amide bonds. The second-order valence-corrected chi connectivity index (χ2v) is 5.29. The molecule has 18 heavy (non-hydrogen) atoms. The molecular formula is C13H18ClFN2O. The molecule has 3 nitrogen and oxygen atoms in total. The summed E-state index contributed by atoms with van der Waals surface area (Å²) in [4.78, 5) is 0. The van der Waals surface area contributed by atoms with Crippen molar-refractivity contribution >= 4 is 11.6 Å². The Bertz CT molecular complexity index is 421. The van der Waals surface area contributed by atoms with Crippen LogP contribution in [-0.2, 0) is 4.74 Å². The molecule has 0 saturated carbocycles. The van der Waals surface area contributed by atoms with E-state index in [9.17, 15) is 4.39 Å². The summed E-state index contributed by atoms with van der Waals surface area (Å²) in [6.07, 6.45) is 2.99. The van der Waals surface area contributed by atoms with Gasteiger partial charge in [0.15, 0.2) is 0 Å². The maximum Gasteiger partial charge on any atom is 0.123 e. The molecule has 1 saturated heterocycles. The van der Waals surface area contributed by atoms with Gasteiger partial charge in [-0.05, 0) is 49.9 Å². The van der Waals surface area contributed by atoms with Crippen molar-refractivity contribution in [2.24, 2.45) is 5.84 Å². The Morgan fingerprint density at radius 1 is 1.50 bits per heavy atom. The molecule has 1 heterocycles. The molecule has 1 aromatic carbocycles. The smallest absolute Gasteiger partial charge is 0.123 e. The lowest BCUT2D eigenvalue weighted by molar-refractivity contribution is -0.0899. The fourth-order valence-electron chi connectivity index (χ4n) is 2.51. The number of benzene rings is 1. The van der Waals surface area contributed by atoms with Crippen LogP contribution in [0.5, 0.6) is 0 Å². The molecule has 2 atom stereocenters. The van der Waals surface area contributed by atoms with Crippen molar-refractivity contribution in [2.45, 2.75) is 37.8 Å². The molecule has 1 aliphatic rings. The third-order valence-corrected chi connectivity index (χ3v) is 3.89. The van der Waals surface area contributed by atoms with Crippen molar-refractivity contribution in [1.82, 2.24) is 5.43 Å². The van der Waals surface area contributed by atoms with Crippen molar-refractivity contribution in [3.8, 4) is 0 Å². The molecule has 5 heteroatoms. The molecule has 0 spiro atoms. The zero-order valence-corrected chi connectivity index (χ0v) is 11.1. The van der Waals surface area contributed by atoms with Crippen molar-refractivity contribution < 1.29 is 9.13 Å². The minimum Gasteiger partial charge on any atom is -0.373 e. The largest absolute Gasteiger partial charge is 0.373 e. The normalized spacial score (nSPS) is 26.0. The first-order valence-corrected chi connectivity index (χ1v) is 6.50. The Kier molecular flexibility index (Phi) is 4.22. The Hall–Kier alpha value is -0.680. The summed E-state index contributed by atoms with van der Waals surface area (Å²) < 4.78 is 19.2. The quantitative estimate of drug-likeness (QED) is 0.657. The summed E-state index contributed by atoms with van der Waals surface area (Å²) in [6, 6.07) is 3.98. The highest BCUT2D eigenvalue weighted by Gasteiger charge is 2.38. The number of hydrogen-bond acceptors (Lipinski definition) is 3. The van der Waals surface area contributed by atoms with E-state index in [4.69, 9.17) is 22.2 Å². The monoisotopic (exact) mass is 272 g/mol. The van der Waals surface area contributed by atoms with E-state index in [1.165, 1.54) is 12.1 Å². The predicted octanol–water partition coefficient (Wildman–Crippen LogP) is 2.94. The van der Waals surface area contributed by atoms with E-state index in [-0.39, 0.29) is 11.9 Å². The molecular weight excluding hydrogens is 255 g/mol. The molecule has 100 valence electrons. The standard InChI is InChI=1S/C13H18ClFN2O/c1-13(6-2-3-7-18-13)12(17-16)10-8-9(15)4-5-11(10)14/h4-5,8,12,17H,2-3,6-7,16H2,1H3. The van der Waals surface area contributed by atoms with Crippen molar-refractivity contribution in [3.05, 3.63) is 34.6 Å². The zero-order valence-electron chi connectivity index (χ0n) is 10.4. The number of nitrogens with one attached hydrogen (secondary N) is 1. The van der Waals surface area contributed by atoms with E-state index in [2.05, 4.69) is 5.43 Å². The summed E-state index contributed by atoms with van der Waals surface area (Å²) in [5.74, 6) is 5.30. The van der Waals surface area contributed by atoms with Crippen LogP contribution in [0.15, 0.2) is 18.2 Å². The van der Waals surface area contributed by atoms with Crippen LogP contribution < -0.4 is 11.3 Å². The maximum absolute atomic E-state index is 13.4. The fraction of sp³-hybridized carbons (Fsp3) is 0.538. The third kappa shape index (κ3) is 2.67. The lowest BCUT2D eigenvalue weighted by Gasteiger charge is -2.40. The molecule has 1 aromatic rings. The van der Waals surface area contributed by atoms with Crippen LogP contribution in [0, 0.1) is 5.82 Å². The van der Waals surface area contributed by atoms with Crippen LogP contribution in [0.4, 0.5) is 4.39 Å². The van der Waals surface area contributed by atoms with Gasteiger partial charge < -0.3 is 4.74 Å². The molecule has 2 rings (SSSR count). The average Bonchev–Trinajstić information content (AvgIpc) is 2.35. The van der Waals surface area contributed by atoms with Crippen molar-refractivity contribution in [3.63, 3.8) is 0 Å². The molecule has 0 aromatic heterocycles. The molecule has 0 bridgehead atoms. The average molecular weight is 273 g/mol. The first-order valence-electron chi connectivity index (χ1n) is 6.12. The molecule has 1 aliphatic heterocycles. The van der Waals surface area contributed by atoms with Gasteiger partial charge in [0.2, 0.25) is 0 Å². The highest BCUT2D eigenvalue weighted by molar-refractivity contribution is 6.31. The van der Waals surface area contributed by atoms with Gasteiger partial charge >= 0.3 is 0 Å². The van der Waals surface area contributed by atoms with Gasteiger partial charge in [-0.2, -0.15) is 0 Å². The number of nitrogens with two attached hydrogens (primary N) is 1. The van der Waals surface area contributed by atoms with E-state index >= 15 is 0 Å². The van der Waals surface area contributed by atoms with E-state index in [0.717, 1.165) is 19.3 Å². The molecule has 0 radical (unpaired) electrons. The second-order valence-electron chi connectivity index (χ2n) is 4.88.